The van der Waals surface area contributed by atoms with Crippen molar-refractivity contribution in [3.8, 4) is 0 Å². The van der Waals surface area contributed by atoms with Crippen LogP contribution in [-0.4, -0.2) is 34.1 Å². The van der Waals surface area contributed by atoms with Crippen LogP contribution in [0.25, 0.3) is 0 Å². The Morgan fingerprint density at radius 1 is 1.32 bits per heavy atom. The van der Waals surface area contributed by atoms with Crippen LogP contribution in [0.1, 0.15) is 56.5 Å². The summed E-state index contributed by atoms with van der Waals surface area (Å²) in [5, 5.41) is 10.8. The Balaban J connectivity index is 1.94. The fourth-order valence-corrected chi connectivity index (χ4v) is 3.33. The average molecular weight is 281 g/mol. The maximum atomic E-state index is 12.2. The molecule has 2 heterocycles. The van der Waals surface area contributed by atoms with E-state index < -0.39 is 0 Å². The van der Waals surface area contributed by atoms with Gasteiger partial charge in [0.1, 0.15) is 10.0 Å². The van der Waals surface area contributed by atoms with Crippen LogP contribution in [0, 0.1) is 5.41 Å². The highest BCUT2D eigenvalue weighted by Gasteiger charge is 2.31. The van der Waals surface area contributed by atoms with Gasteiger partial charge in [-0.25, -0.2) is 0 Å². The van der Waals surface area contributed by atoms with Crippen LogP contribution in [0.15, 0.2) is 0 Å². The summed E-state index contributed by atoms with van der Waals surface area (Å²) in [5.41, 5.74) is -0.273. The Bertz CT molecular complexity index is 442. The van der Waals surface area contributed by atoms with Crippen molar-refractivity contribution in [1.82, 2.24) is 15.1 Å². The van der Waals surface area contributed by atoms with E-state index in [0.717, 1.165) is 42.4 Å². The lowest BCUT2D eigenvalue weighted by atomic mass is 9.91. The summed E-state index contributed by atoms with van der Waals surface area (Å²) in [7, 11) is 0. The molecule has 1 aliphatic heterocycles. The van der Waals surface area contributed by atoms with Gasteiger partial charge in [-0.2, -0.15) is 0 Å². The van der Waals surface area contributed by atoms with E-state index in [1.54, 1.807) is 11.3 Å². The molecule has 0 spiro atoms. The zero-order valence-electron chi connectivity index (χ0n) is 12.3. The van der Waals surface area contributed by atoms with E-state index in [9.17, 15) is 4.79 Å². The number of carbonyl (C=O) groups excluding carboxylic acids is 1. The van der Waals surface area contributed by atoms with Crippen molar-refractivity contribution in [1.29, 1.82) is 0 Å². The van der Waals surface area contributed by atoms with E-state index in [-0.39, 0.29) is 11.3 Å². The molecular formula is C14H23N3OS. The number of aryl methyl sites for hydroxylation is 1. The van der Waals surface area contributed by atoms with Gasteiger partial charge >= 0.3 is 0 Å². The molecule has 4 nitrogen and oxygen atoms in total. The van der Waals surface area contributed by atoms with Crippen molar-refractivity contribution in [2.45, 2.75) is 52.9 Å². The molecule has 1 aliphatic rings. The van der Waals surface area contributed by atoms with Gasteiger partial charge in [-0.15, -0.1) is 21.5 Å². The lowest BCUT2D eigenvalue weighted by Crippen LogP contribution is -2.43. The summed E-state index contributed by atoms with van der Waals surface area (Å²) < 4.78 is 0. The maximum absolute atomic E-state index is 12.2. The molecule has 1 amide bonds. The number of carbonyl (C=O) groups is 1. The molecule has 0 aromatic carbocycles. The molecule has 0 unspecified atom stereocenters. The maximum Gasteiger partial charge on any atom is 0.227 e. The topological polar surface area (TPSA) is 46.1 Å². The fourth-order valence-electron chi connectivity index (χ4n) is 2.38. The molecule has 0 aliphatic carbocycles. The Labute approximate surface area is 119 Å². The first-order valence-electron chi connectivity index (χ1n) is 7.03. The quantitative estimate of drug-likeness (QED) is 0.837. The highest BCUT2D eigenvalue weighted by atomic mass is 32.1. The van der Waals surface area contributed by atoms with E-state index in [4.69, 9.17) is 0 Å². The van der Waals surface area contributed by atoms with Gasteiger partial charge in [-0.3, -0.25) is 4.79 Å². The Morgan fingerprint density at radius 3 is 2.42 bits per heavy atom. The van der Waals surface area contributed by atoms with Gasteiger partial charge in [0, 0.05) is 24.4 Å². The Morgan fingerprint density at radius 2 is 1.95 bits per heavy atom. The third-order valence-electron chi connectivity index (χ3n) is 3.56. The van der Waals surface area contributed by atoms with Crippen molar-refractivity contribution < 1.29 is 4.79 Å². The minimum absolute atomic E-state index is 0.262. The smallest absolute Gasteiger partial charge is 0.227 e. The third-order valence-corrected chi connectivity index (χ3v) is 4.79. The number of piperidine rings is 1. The number of amides is 1. The molecule has 1 saturated heterocycles. The van der Waals surface area contributed by atoms with Crippen molar-refractivity contribution in [2.75, 3.05) is 13.1 Å². The average Bonchev–Trinajstić information content (AvgIpc) is 2.86. The molecule has 1 aromatic rings. The largest absolute Gasteiger partial charge is 0.342 e. The summed E-state index contributed by atoms with van der Waals surface area (Å²) >= 11 is 1.73. The molecule has 2 rings (SSSR count). The second-order valence-electron chi connectivity index (χ2n) is 6.20. The normalized spacial score (nSPS) is 17.8. The number of aromatic nitrogens is 2. The lowest BCUT2D eigenvalue weighted by molar-refractivity contribution is -0.140. The standard InChI is InChI=1S/C14H23N3OS/c1-5-11-15-16-12(19-11)10-6-8-17(9-7-10)13(18)14(2,3)4/h10H,5-9H2,1-4H3. The van der Waals surface area contributed by atoms with Crippen LogP contribution in [0.2, 0.25) is 0 Å². The van der Waals surface area contributed by atoms with Crippen molar-refractivity contribution in [3.05, 3.63) is 10.0 Å². The molecule has 106 valence electrons. The highest BCUT2D eigenvalue weighted by Crippen LogP contribution is 2.31. The first-order valence-corrected chi connectivity index (χ1v) is 7.85. The van der Waals surface area contributed by atoms with Crippen molar-refractivity contribution in [3.63, 3.8) is 0 Å². The van der Waals surface area contributed by atoms with Crippen LogP contribution in [0.4, 0.5) is 0 Å². The summed E-state index contributed by atoms with van der Waals surface area (Å²) in [6.07, 6.45) is 2.99. The molecule has 0 bridgehead atoms. The number of likely N-dealkylation sites (tertiary alicyclic amines) is 1. The van der Waals surface area contributed by atoms with E-state index in [1.165, 1.54) is 0 Å². The molecule has 1 fully saturated rings. The van der Waals surface area contributed by atoms with Gasteiger partial charge in [0.05, 0.1) is 0 Å². The van der Waals surface area contributed by atoms with Gasteiger partial charge in [-0.05, 0) is 19.3 Å². The summed E-state index contributed by atoms with van der Waals surface area (Å²) in [6, 6.07) is 0. The van der Waals surface area contributed by atoms with Gasteiger partial charge in [0.2, 0.25) is 5.91 Å². The van der Waals surface area contributed by atoms with Crippen molar-refractivity contribution >= 4 is 17.2 Å². The summed E-state index contributed by atoms with van der Waals surface area (Å²) in [4.78, 5) is 14.2. The lowest BCUT2D eigenvalue weighted by Gasteiger charge is -2.35. The molecule has 0 saturated carbocycles. The van der Waals surface area contributed by atoms with E-state index in [1.807, 2.05) is 25.7 Å². The molecule has 19 heavy (non-hydrogen) atoms. The van der Waals surface area contributed by atoms with Crippen molar-refractivity contribution in [2.24, 2.45) is 5.41 Å². The summed E-state index contributed by atoms with van der Waals surface area (Å²) in [6.45, 7) is 9.76. The van der Waals surface area contributed by atoms with E-state index >= 15 is 0 Å². The third kappa shape index (κ3) is 3.32. The molecule has 0 atom stereocenters. The van der Waals surface area contributed by atoms with Gasteiger partial charge in [0.15, 0.2) is 0 Å². The van der Waals surface area contributed by atoms with Gasteiger partial charge < -0.3 is 4.90 Å². The second-order valence-corrected chi connectivity index (χ2v) is 7.30. The second kappa shape index (κ2) is 5.57. The van der Waals surface area contributed by atoms with Crippen LogP contribution in [0.5, 0.6) is 0 Å². The first-order chi connectivity index (χ1) is 8.91. The molecular weight excluding hydrogens is 258 g/mol. The highest BCUT2D eigenvalue weighted by molar-refractivity contribution is 7.11. The molecule has 1 aromatic heterocycles. The van der Waals surface area contributed by atoms with E-state index in [2.05, 4.69) is 17.1 Å². The Kier molecular flexibility index (Phi) is 4.23. The van der Waals surface area contributed by atoms with Crippen LogP contribution < -0.4 is 0 Å². The number of hydrogen-bond donors (Lipinski definition) is 0. The Hall–Kier alpha value is -0.970. The predicted molar refractivity (Wildman–Crippen MR) is 77.3 cm³/mol. The molecule has 5 heteroatoms. The van der Waals surface area contributed by atoms with Crippen LogP contribution >= 0.6 is 11.3 Å². The zero-order chi connectivity index (χ0) is 14.0. The summed E-state index contributed by atoms with van der Waals surface area (Å²) in [5.74, 6) is 0.749. The van der Waals surface area contributed by atoms with Crippen LogP contribution in [0.3, 0.4) is 0 Å². The first kappa shape index (κ1) is 14.4. The number of hydrogen-bond acceptors (Lipinski definition) is 4. The minimum atomic E-state index is -0.273. The fraction of sp³-hybridized carbons (Fsp3) is 0.786. The monoisotopic (exact) mass is 281 g/mol. The number of nitrogens with zero attached hydrogens (tertiary/aromatic N) is 3. The van der Waals surface area contributed by atoms with Crippen LogP contribution in [-0.2, 0) is 11.2 Å². The number of rotatable bonds is 2. The minimum Gasteiger partial charge on any atom is -0.342 e. The van der Waals surface area contributed by atoms with Gasteiger partial charge in [0.25, 0.3) is 0 Å². The predicted octanol–water partition coefficient (Wildman–Crippen LogP) is 2.85. The molecule has 0 radical (unpaired) electrons. The molecule has 0 N–H and O–H groups in total. The zero-order valence-corrected chi connectivity index (χ0v) is 13.1. The van der Waals surface area contributed by atoms with Gasteiger partial charge in [-0.1, -0.05) is 27.7 Å². The SMILES string of the molecule is CCc1nnc(C2CCN(C(=O)C(C)(C)C)CC2)s1. The van der Waals surface area contributed by atoms with E-state index in [0.29, 0.717) is 5.92 Å².